The van der Waals surface area contributed by atoms with Crippen LogP contribution in [-0.2, 0) is 5.75 Å². The average Bonchev–Trinajstić information content (AvgIpc) is 2.78. The number of nitrogen functional groups attached to an aromatic ring is 1. The van der Waals surface area contributed by atoms with E-state index in [0.29, 0.717) is 11.6 Å². The Labute approximate surface area is 97.4 Å². The van der Waals surface area contributed by atoms with E-state index in [1.54, 1.807) is 24.1 Å². The molecule has 0 atom stereocenters. The predicted octanol–water partition coefficient (Wildman–Crippen LogP) is 1.96. The van der Waals surface area contributed by atoms with E-state index in [9.17, 15) is 0 Å². The molecule has 0 unspecified atom stereocenters. The fraction of sp³-hybridized carbons (Fsp3) is 0.200. The molecule has 3 N–H and O–H groups in total. The summed E-state index contributed by atoms with van der Waals surface area (Å²) < 4.78 is 5.24. The van der Waals surface area contributed by atoms with E-state index in [0.717, 1.165) is 16.5 Å². The zero-order chi connectivity index (χ0) is 11.4. The third kappa shape index (κ3) is 2.74. The summed E-state index contributed by atoms with van der Waals surface area (Å²) in [5.41, 5.74) is 2.51. The Morgan fingerprint density at radius 3 is 3.06 bits per heavy atom. The second-order valence-corrected chi connectivity index (χ2v) is 4.15. The van der Waals surface area contributed by atoms with Gasteiger partial charge >= 0.3 is 0 Å². The van der Waals surface area contributed by atoms with Gasteiger partial charge in [0.2, 0.25) is 0 Å². The van der Waals surface area contributed by atoms with E-state index in [1.165, 1.54) is 0 Å². The first-order valence-electron chi connectivity index (χ1n) is 4.75. The van der Waals surface area contributed by atoms with Crippen LogP contribution in [0.3, 0.4) is 0 Å². The van der Waals surface area contributed by atoms with Gasteiger partial charge in [-0.25, -0.2) is 15.8 Å². The molecule has 2 heterocycles. The van der Waals surface area contributed by atoms with Crippen molar-refractivity contribution in [1.29, 1.82) is 0 Å². The molecule has 0 aliphatic carbocycles. The summed E-state index contributed by atoms with van der Waals surface area (Å²) in [5.74, 6) is 8.29. The molecule has 0 fully saturated rings. The first kappa shape index (κ1) is 11.0. The number of anilines is 1. The normalized spacial score (nSPS) is 10.4. The molecule has 84 valence electrons. The summed E-state index contributed by atoms with van der Waals surface area (Å²) in [6, 6.07) is 5.61. The highest BCUT2D eigenvalue weighted by Crippen LogP contribution is 2.22. The van der Waals surface area contributed by atoms with Crippen molar-refractivity contribution in [2.24, 2.45) is 5.84 Å². The van der Waals surface area contributed by atoms with Crippen LogP contribution in [0.15, 0.2) is 33.9 Å². The second kappa shape index (κ2) is 5.00. The Balaban J connectivity index is 2.06. The lowest BCUT2D eigenvalue weighted by molar-refractivity contribution is 0.530. The SMILES string of the molecule is Cc1nc(NN)cc(SCc2ccco2)n1. The van der Waals surface area contributed by atoms with Gasteiger partial charge in [0, 0.05) is 6.07 Å². The summed E-state index contributed by atoms with van der Waals surface area (Å²) in [5, 5.41) is 0.872. The number of hydrogen-bond acceptors (Lipinski definition) is 6. The van der Waals surface area contributed by atoms with E-state index in [4.69, 9.17) is 10.3 Å². The third-order valence-electron chi connectivity index (χ3n) is 1.90. The van der Waals surface area contributed by atoms with E-state index in [1.807, 2.05) is 19.1 Å². The van der Waals surface area contributed by atoms with Crippen molar-refractivity contribution in [3.8, 4) is 0 Å². The van der Waals surface area contributed by atoms with Gasteiger partial charge in [0.05, 0.1) is 12.0 Å². The largest absolute Gasteiger partial charge is 0.468 e. The average molecular weight is 236 g/mol. The molecule has 2 aromatic heterocycles. The topological polar surface area (TPSA) is 77.0 Å². The molecule has 0 aromatic carbocycles. The molecule has 0 aliphatic rings. The minimum atomic E-state index is 0.620. The lowest BCUT2D eigenvalue weighted by atomic mass is 10.5. The van der Waals surface area contributed by atoms with E-state index >= 15 is 0 Å². The smallest absolute Gasteiger partial charge is 0.144 e. The Kier molecular flexibility index (Phi) is 3.43. The molecule has 0 amide bonds. The highest BCUT2D eigenvalue weighted by molar-refractivity contribution is 7.98. The molecule has 6 heteroatoms. The molecule has 2 rings (SSSR count). The van der Waals surface area contributed by atoms with Crippen LogP contribution in [0, 0.1) is 6.92 Å². The van der Waals surface area contributed by atoms with Crippen molar-refractivity contribution in [2.75, 3.05) is 5.43 Å². The van der Waals surface area contributed by atoms with Gasteiger partial charge < -0.3 is 9.84 Å². The number of aromatic nitrogens is 2. The van der Waals surface area contributed by atoms with E-state index in [2.05, 4.69) is 15.4 Å². The van der Waals surface area contributed by atoms with Crippen molar-refractivity contribution in [2.45, 2.75) is 17.7 Å². The monoisotopic (exact) mass is 236 g/mol. The molecule has 0 spiro atoms. The minimum Gasteiger partial charge on any atom is -0.468 e. The van der Waals surface area contributed by atoms with Crippen LogP contribution in [0.1, 0.15) is 11.6 Å². The number of nitrogens with one attached hydrogen (secondary N) is 1. The van der Waals surface area contributed by atoms with Gasteiger partial charge in [0.25, 0.3) is 0 Å². The van der Waals surface area contributed by atoms with Gasteiger partial charge in [-0.2, -0.15) is 0 Å². The Bertz CT molecular complexity index is 458. The molecule has 0 bridgehead atoms. The fourth-order valence-electron chi connectivity index (χ4n) is 1.23. The van der Waals surface area contributed by atoms with Gasteiger partial charge in [0.15, 0.2) is 0 Å². The molecule has 0 saturated heterocycles. The van der Waals surface area contributed by atoms with Gasteiger partial charge in [-0.3, -0.25) is 0 Å². The number of thioether (sulfide) groups is 1. The van der Waals surface area contributed by atoms with Crippen molar-refractivity contribution < 1.29 is 4.42 Å². The molecule has 0 radical (unpaired) electrons. The van der Waals surface area contributed by atoms with Gasteiger partial charge in [-0.05, 0) is 19.1 Å². The second-order valence-electron chi connectivity index (χ2n) is 3.15. The van der Waals surface area contributed by atoms with Gasteiger partial charge in [0.1, 0.15) is 22.4 Å². The predicted molar refractivity (Wildman–Crippen MR) is 62.8 cm³/mol. The van der Waals surface area contributed by atoms with Crippen LogP contribution in [0.5, 0.6) is 0 Å². The summed E-state index contributed by atoms with van der Waals surface area (Å²) in [4.78, 5) is 8.41. The lowest BCUT2D eigenvalue weighted by Crippen LogP contribution is -2.09. The summed E-state index contributed by atoms with van der Waals surface area (Å²) >= 11 is 1.58. The summed E-state index contributed by atoms with van der Waals surface area (Å²) in [6.45, 7) is 1.83. The highest BCUT2D eigenvalue weighted by Gasteiger charge is 2.03. The zero-order valence-electron chi connectivity index (χ0n) is 8.80. The number of nitrogens with two attached hydrogens (primary N) is 1. The van der Waals surface area contributed by atoms with Crippen molar-refractivity contribution >= 4 is 17.6 Å². The first-order chi connectivity index (χ1) is 7.78. The Morgan fingerprint density at radius 2 is 2.38 bits per heavy atom. The maximum Gasteiger partial charge on any atom is 0.144 e. The minimum absolute atomic E-state index is 0.620. The van der Waals surface area contributed by atoms with Crippen LogP contribution < -0.4 is 11.3 Å². The molecular formula is C10H12N4OS. The van der Waals surface area contributed by atoms with Crippen LogP contribution in [0.2, 0.25) is 0 Å². The van der Waals surface area contributed by atoms with Gasteiger partial charge in [-0.1, -0.05) is 11.8 Å². The number of nitrogens with zero attached hydrogens (tertiary/aromatic N) is 2. The quantitative estimate of drug-likeness (QED) is 0.366. The van der Waals surface area contributed by atoms with E-state index < -0.39 is 0 Å². The summed E-state index contributed by atoms with van der Waals surface area (Å²) in [6.07, 6.45) is 1.66. The van der Waals surface area contributed by atoms with Crippen molar-refractivity contribution in [3.05, 3.63) is 36.0 Å². The maximum atomic E-state index is 5.31. The fourth-order valence-corrected chi connectivity index (χ4v) is 2.07. The number of rotatable bonds is 4. The molecular weight excluding hydrogens is 224 g/mol. The van der Waals surface area contributed by atoms with Gasteiger partial charge in [-0.15, -0.1) is 0 Å². The standard InChI is InChI=1S/C10H12N4OS/c1-7-12-9(14-11)5-10(13-7)16-6-8-3-2-4-15-8/h2-5H,6,11H2,1H3,(H,12,13,14). The summed E-state index contributed by atoms with van der Waals surface area (Å²) in [7, 11) is 0. The van der Waals surface area contributed by atoms with Crippen molar-refractivity contribution in [3.63, 3.8) is 0 Å². The van der Waals surface area contributed by atoms with Crippen LogP contribution in [-0.4, -0.2) is 9.97 Å². The molecule has 0 aliphatic heterocycles. The van der Waals surface area contributed by atoms with Crippen LogP contribution in [0.25, 0.3) is 0 Å². The molecule has 0 saturated carbocycles. The number of furan rings is 1. The third-order valence-corrected chi connectivity index (χ3v) is 2.84. The van der Waals surface area contributed by atoms with Crippen molar-refractivity contribution in [1.82, 2.24) is 9.97 Å². The lowest BCUT2D eigenvalue weighted by Gasteiger charge is -2.03. The first-order valence-corrected chi connectivity index (χ1v) is 5.74. The highest BCUT2D eigenvalue weighted by atomic mass is 32.2. The zero-order valence-corrected chi connectivity index (χ0v) is 9.62. The molecule has 2 aromatic rings. The number of hydrogen-bond donors (Lipinski definition) is 2. The number of aryl methyl sites for hydroxylation is 1. The van der Waals surface area contributed by atoms with Crippen LogP contribution in [0.4, 0.5) is 5.82 Å². The number of hydrazine groups is 1. The molecule has 16 heavy (non-hydrogen) atoms. The Morgan fingerprint density at radius 1 is 1.50 bits per heavy atom. The van der Waals surface area contributed by atoms with Crippen LogP contribution >= 0.6 is 11.8 Å². The molecule has 5 nitrogen and oxygen atoms in total. The van der Waals surface area contributed by atoms with E-state index in [-0.39, 0.29) is 0 Å². The Hall–Kier alpha value is -1.53. The maximum absolute atomic E-state index is 5.31.